The number of halogens is 7. The third kappa shape index (κ3) is 5.72. The van der Waals surface area contributed by atoms with Crippen LogP contribution in [0.5, 0.6) is 0 Å². The van der Waals surface area contributed by atoms with Crippen LogP contribution in [0.2, 0.25) is 0 Å². The fourth-order valence-corrected chi connectivity index (χ4v) is 3.34. The number of benzene rings is 2. The molecule has 1 atom stereocenters. The minimum Gasteiger partial charge on any atom is -0.299 e. The third-order valence-corrected chi connectivity index (χ3v) is 4.86. The molecule has 32 heavy (non-hydrogen) atoms. The Labute approximate surface area is 178 Å². The van der Waals surface area contributed by atoms with Crippen LogP contribution in [0.15, 0.2) is 66.9 Å². The topological polar surface area (TPSA) is 30.0 Å². The highest BCUT2D eigenvalue weighted by Crippen LogP contribution is 2.39. The number of aromatic nitrogens is 1. The Bertz CT molecular complexity index is 1070. The Balaban J connectivity index is 1.98. The van der Waals surface area contributed by atoms with Crippen molar-refractivity contribution in [2.24, 2.45) is 0 Å². The van der Waals surface area contributed by atoms with Crippen LogP contribution in [-0.4, -0.2) is 10.8 Å². The van der Waals surface area contributed by atoms with E-state index in [9.17, 15) is 35.5 Å². The molecule has 0 bridgehead atoms. The average Bonchev–Trinajstić information content (AvgIpc) is 2.72. The van der Waals surface area contributed by atoms with E-state index in [4.69, 9.17) is 0 Å². The number of Topliss-reactive ketones (excluding diaryl/α,β-unsaturated/α-hetero) is 1. The average molecular weight is 455 g/mol. The van der Waals surface area contributed by atoms with E-state index in [2.05, 4.69) is 4.98 Å². The molecule has 0 aliphatic heterocycles. The van der Waals surface area contributed by atoms with Gasteiger partial charge in [-0.15, -0.1) is 0 Å². The van der Waals surface area contributed by atoms with Crippen LogP contribution in [0.25, 0.3) is 0 Å². The number of hydrogen-bond acceptors (Lipinski definition) is 2. The number of rotatable bonds is 6. The second kappa shape index (κ2) is 9.10. The van der Waals surface area contributed by atoms with Gasteiger partial charge < -0.3 is 0 Å². The van der Waals surface area contributed by atoms with Crippen LogP contribution in [0.4, 0.5) is 30.7 Å². The van der Waals surface area contributed by atoms with Crippen molar-refractivity contribution in [2.45, 2.75) is 31.1 Å². The number of nitrogens with zero attached hydrogens (tertiary/aromatic N) is 1. The lowest BCUT2D eigenvalue weighted by molar-refractivity contribution is -0.139. The molecule has 0 N–H and O–H groups in total. The molecule has 0 unspecified atom stereocenters. The van der Waals surface area contributed by atoms with Crippen molar-refractivity contribution in [2.75, 3.05) is 0 Å². The first-order valence-corrected chi connectivity index (χ1v) is 9.40. The standard InChI is InChI=1S/C23H16F7NO/c24-17-9-3-14(4-10-17)12-18(32)13-19(15-5-7-16(8-6-15)22(25,26)27)21-20(23(28,29)30)2-1-11-31-21/h1-11,19H,12-13H2/t19-/m0/s1. The van der Waals surface area contributed by atoms with E-state index in [0.717, 1.165) is 54.7 Å². The molecule has 0 aliphatic carbocycles. The first-order valence-electron chi connectivity index (χ1n) is 9.40. The largest absolute Gasteiger partial charge is 0.418 e. The van der Waals surface area contributed by atoms with Gasteiger partial charge in [0, 0.05) is 25.0 Å². The molecule has 3 rings (SSSR count). The number of alkyl halides is 6. The molecule has 0 saturated carbocycles. The molecule has 9 heteroatoms. The van der Waals surface area contributed by atoms with Gasteiger partial charge in [0.2, 0.25) is 0 Å². The molecule has 0 spiro atoms. The van der Waals surface area contributed by atoms with Crippen LogP contribution in [0.3, 0.4) is 0 Å². The van der Waals surface area contributed by atoms with Gasteiger partial charge in [0.25, 0.3) is 0 Å². The van der Waals surface area contributed by atoms with E-state index in [1.54, 1.807) is 0 Å². The first-order chi connectivity index (χ1) is 14.9. The van der Waals surface area contributed by atoms with Crippen LogP contribution < -0.4 is 0 Å². The Morgan fingerprint density at radius 3 is 2.03 bits per heavy atom. The third-order valence-electron chi connectivity index (χ3n) is 4.86. The lowest BCUT2D eigenvalue weighted by Crippen LogP contribution is -2.18. The maximum atomic E-state index is 13.6. The second-order valence-electron chi connectivity index (χ2n) is 7.15. The van der Waals surface area contributed by atoms with Gasteiger partial charge >= 0.3 is 12.4 Å². The monoisotopic (exact) mass is 455 g/mol. The SMILES string of the molecule is O=C(Cc1ccc(F)cc1)C[C@@H](c1ccc(C(F)(F)F)cc1)c1ncccc1C(F)(F)F. The molecule has 1 aromatic heterocycles. The van der Waals surface area contributed by atoms with E-state index in [0.29, 0.717) is 5.56 Å². The summed E-state index contributed by atoms with van der Waals surface area (Å²) in [7, 11) is 0. The summed E-state index contributed by atoms with van der Waals surface area (Å²) in [6, 6.07) is 10.6. The molecule has 0 fully saturated rings. The predicted octanol–water partition coefficient (Wildman–Crippen LogP) is 6.59. The molecule has 0 saturated heterocycles. The minimum atomic E-state index is -4.77. The van der Waals surface area contributed by atoms with Crippen molar-refractivity contribution >= 4 is 5.78 Å². The zero-order valence-electron chi connectivity index (χ0n) is 16.3. The van der Waals surface area contributed by atoms with Crippen LogP contribution in [0.1, 0.15) is 40.3 Å². The van der Waals surface area contributed by atoms with E-state index in [1.807, 2.05) is 0 Å². The van der Waals surface area contributed by atoms with E-state index in [1.165, 1.54) is 12.1 Å². The fraction of sp³-hybridized carbons (Fsp3) is 0.217. The molecule has 2 aromatic carbocycles. The summed E-state index contributed by atoms with van der Waals surface area (Å²) in [5.41, 5.74) is -1.93. The number of pyridine rings is 1. The maximum Gasteiger partial charge on any atom is 0.418 e. The highest BCUT2D eigenvalue weighted by atomic mass is 19.4. The Hall–Kier alpha value is -3.23. The van der Waals surface area contributed by atoms with E-state index < -0.39 is 53.1 Å². The van der Waals surface area contributed by atoms with Gasteiger partial charge in [-0.1, -0.05) is 24.3 Å². The minimum absolute atomic E-state index is 0.0923. The highest BCUT2D eigenvalue weighted by Gasteiger charge is 2.37. The van der Waals surface area contributed by atoms with Gasteiger partial charge in [0.1, 0.15) is 11.6 Å². The molecular weight excluding hydrogens is 439 g/mol. The summed E-state index contributed by atoms with van der Waals surface area (Å²) in [6.45, 7) is 0. The summed E-state index contributed by atoms with van der Waals surface area (Å²) in [6.07, 6.45) is -8.86. The zero-order valence-corrected chi connectivity index (χ0v) is 16.3. The molecule has 3 aromatic rings. The van der Waals surface area contributed by atoms with Crippen LogP contribution in [-0.2, 0) is 23.6 Å². The molecule has 1 heterocycles. The van der Waals surface area contributed by atoms with Crippen molar-refractivity contribution in [1.29, 1.82) is 0 Å². The second-order valence-corrected chi connectivity index (χ2v) is 7.15. The van der Waals surface area contributed by atoms with Gasteiger partial charge in [-0.2, -0.15) is 26.3 Å². The number of hydrogen-bond donors (Lipinski definition) is 0. The van der Waals surface area contributed by atoms with Crippen molar-refractivity contribution in [3.05, 3.63) is 101 Å². The summed E-state index contributed by atoms with van der Waals surface area (Å²) < 4.78 is 92.5. The molecular formula is C23H16F7NO. The Kier molecular flexibility index (Phi) is 6.66. The number of carbonyl (C=O) groups excluding carboxylic acids is 1. The summed E-state index contributed by atoms with van der Waals surface area (Å²) in [5.74, 6) is -2.20. The van der Waals surface area contributed by atoms with Crippen molar-refractivity contribution in [3.63, 3.8) is 0 Å². The first kappa shape index (κ1) is 23.4. The summed E-state index contributed by atoms with van der Waals surface area (Å²) >= 11 is 0. The Morgan fingerprint density at radius 2 is 1.47 bits per heavy atom. The summed E-state index contributed by atoms with van der Waals surface area (Å²) in [5, 5.41) is 0. The fourth-order valence-electron chi connectivity index (χ4n) is 3.34. The van der Waals surface area contributed by atoms with Gasteiger partial charge in [0.05, 0.1) is 16.8 Å². The zero-order chi connectivity index (χ0) is 23.5. The quantitative estimate of drug-likeness (QED) is 0.393. The lowest BCUT2D eigenvalue weighted by atomic mass is 9.86. The van der Waals surface area contributed by atoms with Crippen LogP contribution >= 0.6 is 0 Å². The van der Waals surface area contributed by atoms with Crippen molar-refractivity contribution in [3.8, 4) is 0 Å². The molecule has 2 nitrogen and oxygen atoms in total. The van der Waals surface area contributed by atoms with Gasteiger partial charge in [-0.25, -0.2) is 4.39 Å². The number of ketones is 1. The normalized spacial score (nSPS) is 13.1. The van der Waals surface area contributed by atoms with Gasteiger partial charge in [-0.05, 0) is 47.5 Å². The summed E-state index contributed by atoms with van der Waals surface area (Å²) in [4.78, 5) is 16.5. The predicted molar refractivity (Wildman–Crippen MR) is 102 cm³/mol. The highest BCUT2D eigenvalue weighted by molar-refractivity contribution is 5.82. The van der Waals surface area contributed by atoms with Crippen molar-refractivity contribution in [1.82, 2.24) is 4.98 Å². The smallest absolute Gasteiger partial charge is 0.299 e. The van der Waals surface area contributed by atoms with Crippen molar-refractivity contribution < 1.29 is 35.5 Å². The number of carbonyl (C=O) groups is 1. The molecule has 0 radical (unpaired) electrons. The van der Waals surface area contributed by atoms with E-state index in [-0.39, 0.29) is 12.0 Å². The van der Waals surface area contributed by atoms with Crippen LogP contribution in [0, 0.1) is 5.82 Å². The molecule has 0 amide bonds. The molecule has 168 valence electrons. The maximum absolute atomic E-state index is 13.6. The molecule has 0 aliphatic rings. The Morgan fingerprint density at radius 1 is 0.844 bits per heavy atom. The van der Waals surface area contributed by atoms with Gasteiger partial charge in [0.15, 0.2) is 0 Å². The van der Waals surface area contributed by atoms with Gasteiger partial charge in [-0.3, -0.25) is 9.78 Å². The lowest BCUT2D eigenvalue weighted by Gasteiger charge is -2.21. The van der Waals surface area contributed by atoms with E-state index >= 15 is 0 Å².